The molecule has 0 aromatic heterocycles. The molecular formula is C11H8Cl2O2. The summed E-state index contributed by atoms with van der Waals surface area (Å²) in [5.74, 6) is 0.0140. The summed E-state index contributed by atoms with van der Waals surface area (Å²) in [4.78, 5) is 11.2. The fourth-order valence-electron chi connectivity index (χ4n) is 0.838. The highest BCUT2D eigenvalue weighted by Gasteiger charge is 1.97. The summed E-state index contributed by atoms with van der Waals surface area (Å²) >= 11 is 10.7. The lowest BCUT2D eigenvalue weighted by molar-refractivity contribution is -0.128. The molecule has 0 N–H and O–H groups in total. The highest BCUT2D eigenvalue weighted by atomic mass is 35.5. The molecule has 0 saturated heterocycles. The Balaban J connectivity index is 2.51. The molecule has 4 heteroatoms. The first kappa shape index (κ1) is 11.8. The normalized spacial score (nSPS) is 10.0. The lowest BCUT2D eigenvalue weighted by atomic mass is 10.3. The van der Waals surface area contributed by atoms with Crippen molar-refractivity contribution in [3.63, 3.8) is 0 Å². The number of esters is 1. The monoisotopic (exact) mass is 242 g/mol. The van der Waals surface area contributed by atoms with Crippen LogP contribution in [0, 0.1) is 0 Å². The number of allylic oxidation sites excluding steroid dienone is 2. The van der Waals surface area contributed by atoms with Gasteiger partial charge in [-0.05, 0) is 18.2 Å². The van der Waals surface area contributed by atoms with Crippen molar-refractivity contribution in [2.75, 3.05) is 0 Å². The molecule has 78 valence electrons. The molecule has 0 aliphatic heterocycles. The Hall–Kier alpha value is -1.25. The summed E-state index contributed by atoms with van der Waals surface area (Å²) in [6.45, 7) is 0. The van der Waals surface area contributed by atoms with Gasteiger partial charge < -0.3 is 4.74 Å². The molecule has 2 nitrogen and oxygen atoms in total. The number of benzene rings is 1. The first-order chi connectivity index (χ1) is 7.18. The molecule has 15 heavy (non-hydrogen) atoms. The maximum atomic E-state index is 11.2. The first-order valence-corrected chi connectivity index (χ1v) is 4.90. The van der Waals surface area contributed by atoms with E-state index in [1.54, 1.807) is 24.3 Å². The van der Waals surface area contributed by atoms with Crippen LogP contribution in [0.5, 0.6) is 5.75 Å². The lowest BCUT2D eigenvalue weighted by Gasteiger charge is -1.98. The predicted octanol–water partition coefficient (Wildman–Crippen LogP) is 3.47. The second kappa shape index (κ2) is 6.27. The van der Waals surface area contributed by atoms with Gasteiger partial charge in [-0.1, -0.05) is 47.5 Å². The SMILES string of the molecule is O=C(C=CC=C(Cl)Cl)Oc1ccccc1. The van der Waals surface area contributed by atoms with E-state index < -0.39 is 5.97 Å². The van der Waals surface area contributed by atoms with Crippen LogP contribution < -0.4 is 4.74 Å². The van der Waals surface area contributed by atoms with E-state index in [1.807, 2.05) is 6.07 Å². The van der Waals surface area contributed by atoms with Crippen molar-refractivity contribution in [1.29, 1.82) is 0 Å². The third-order valence-corrected chi connectivity index (χ3v) is 1.67. The highest BCUT2D eigenvalue weighted by molar-refractivity contribution is 6.56. The Morgan fingerprint density at radius 1 is 1.20 bits per heavy atom. The van der Waals surface area contributed by atoms with E-state index in [1.165, 1.54) is 18.2 Å². The zero-order valence-corrected chi connectivity index (χ0v) is 9.20. The highest BCUT2D eigenvalue weighted by Crippen LogP contribution is 2.09. The van der Waals surface area contributed by atoms with Gasteiger partial charge in [0.1, 0.15) is 10.2 Å². The summed E-state index contributed by atoms with van der Waals surface area (Å²) in [5.41, 5.74) is 0. The maximum absolute atomic E-state index is 11.2. The Morgan fingerprint density at radius 2 is 1.87 bits per heavy atom. The second-order valence-corrected chi connectivity index (χ2v) is 3.56. The average Bonchev–Trinajstić information content (AvgIpc) is 2.18. The van der Waals surface area contributed by atoms with Gasteiger partial charge in [-0.15, -0.1) is 0 Å². The van der Waals surface area contributed by atoms with E-state index in [0.29, 0.717) is 5.75 Å². The van der Waals surface area contributed by atoms with E-state index in [-0.39, 0.29) is 4.49 Å². The van der Waals surface area contributed by atoms with Gasteiger partial charge in [0.15, 0.2) is 0 Å². The summed E-state index contributed by atoms with van der Waals surface area (Å²) in [7, 11) is 0. The molecular weight excluding hydrogens is 235 g/mol. The Labute approximate surface area is 97.8 Å². The van der Waals surface area contributed by atoms with Crippen molar-refractivity contribution in [3.8, 4) is 5.75 Å². The molecule has 0 aliphatic carbocycles. The summed E-state index contributed by atoms with van der Waals surface area (Å²) in [5, 5.41) is 0. The van der Waals surface area contributed by atoms with Crippen LogP contribution in [0.15, 0.2) is 53.1 Å². The van der Waals surface area contributed by atoms with Crippen molar-refractivity contribution >= 4 is 29.2 Å². The van der Waals surface area contributed by atoms with Crippen LogP contribution in [0.1, 0.15) is 0 Å². The number of ether oxygens (including phenoxy) is 1. The Bertz CT molecular complexity index is 379. The van der Waals surface area contributed by atoms with Crippen molar-refractivity contribution in [3.05, 3.63) is 53.1 Å². The van der Waals surface area contributed by atoms with Gasteiger partial charge in [0.05, 0.1) is 0 Å². The van der Waals surface area contributed by atoms with E-state index in [2.05, 4.69) is 0 Å². The number of para-hydroxylation sites is 1. The van der Waals surface area contributed by atoms with Gasteiger partial charge >= 0.3 is 5.97 Å². The third kappa shape index (κ3) is 5.25. The number of halogens is 2. The first-order valence-electron chi connectivity index (χ1n) is 4.15. The van der Waals surface area contributed by atoms with Crippen molar-refractivity contribution in [2.24, 2.45) is 0 Å². The van der Waals surface area contributed by atoms with Crippen LogP contribution in [-0.4, -0.2) is 5.97 Å². The fraction of sp³-hybridized carbons (Fsp3) is 0. The zero-order chi connectivity index (χ0) is 11.1. The quantitative estimate of drug-likeness (QED) is 0.351. The third-order valence-electron chi connectivity index (χ3n) is 1.42. The topological polar surface area (TPSA) is 26.3 Å². The number of rotatable bonds is 3. The molecule has 0 unspecified atom stereocenters. The molecule has 1 aromatic carbocycles. The van der Waals surface area contributed by atoms with Crippen LogP contribution in [-0.2, 0) is 4.79 Å². The van der Waals surface area contributed by atoms with Crippen molar-refractivity contribution < 1.29 is 9.53 Å². The number of hydrogen-bond donors (Lipinski definition) is 0. The molecule has 0 radical (unpaired) electrons. The summed E-state index contributed by atoms with van der Waals surface area (Å²) < 4.78 is 5.04. The van der Waals surface area contributed by atoms with Gasteiger partial charge in [0.2, 0.25) is 0 Å². The molecule has 0 fully saturated rings. The molecule has 0 spiro atoms. The molecule has 0 bridgehead atoms. The molecule has 0 aliphatic rings. The van der Waals surface area contributed by atoms with E-state index in [4.69, 9.17) is 27.9 Å². The molecule has 1 aromatic rings. The van der Waals surface area contributed by atoms with Crippen LogP contribution >= 0.6 is 23.2 Å². The largest absolute Gasteiger partial charge is 0.423 e. The Morgan fingerprint density at radius 3 is 2.47 bits per heavy atom. The number of carbonyl (C=O) groups excluding carboxylic acids is 1. The lowest BCUT2D eigenvalue weighted by Crippen LogP contribution is -2.03. The summed E-state index contributed by atoms with van der Waals surface area (Å²) in [6.07, 6.45) is 4.04. The average molecular weight is 243 g/mol. The standard InChI is InChI=1S/C11H8Cl2O2/c12-10(13)7-4-8-11(14)15-9-5-2-1-3-6-9/h1-8H. The number of carbonyl (C=O) groups is 1. The fourth-order valence-corrected chi connectivity index (χ4v) is 0.984. The molecule has 0 saturated carbocycles. The predicted molar refractivity (Wildman–Crippen MR) is 61.0 cm³/mol. The van der Waals surface area contributed by atoms with Crippen LogP contribution in [0.2, 0.25) is 0 Å². The van der Waals surface area contributed by atoms with Crippen LogP contribution in [0.4, 0.5) is 0 Å². The van der Waals surface area contributed by atoms with Gasteiger partial charge in [0, 0.05) is 6.08 Å². The van der Waals surface area contributed by atoms with E-state index in [9.17, 15) is 4.79 Å². The molecule has 0 heterocycles. The minimum absolute atomic E-state index is 0.0822. The maximum Gasteiger partial charge on any atom is 0.336 e. The smallest absolute Gasteiger partial charge is 0.336 e. The molecule has 0 atom stereocenters. The van der Waals surface area contributed by atoms with Gasteiger partial charge in [-0.3, -0.25) is 0 Å². The van der Waals surface area contributed by atoms with Crippen molar-refractivity contribution in [1.82, 2.24) is 0 Å². The van der Waals surface area contributed by atoms with Gasteiger partial charge in [-0.25, -0.2) is 4.79 Å². The van der Waals surface area contributed by atoms with Crippen LogP contribution in [0.25, 0.3) is 0 Å². The van der Waals surface area contributed by atoms with E-state index >= 15 is 0 Å². The molecule has 1 rings (SSSR count). The summed E-state index contributed by atoms with van der Waals surface area (Å²) in [6, 6.07) is 8.78. The van der Waals surface area contributed by atoms with Gasteiger partial charge in [-0.2, -0.15) is 0 Å². The number of hydrogen-bond acceptors (Lipinski definition) is 2. The van der Waals surface area contributed by atoms with E-state index in [0.717, 1.165) is 0 Å². The second-order valence-electron chi connectivity index (χ2n) is 2.55. The minimum Gasteiger partial charge on any atom is -0.423 e. The molecule has 0 amide bonds. The van der Waals surface area contributed by atoms with Crippen LogP contribution in [0.3, 0.4) is 0 Å². The zero-order valence-electron chi connectivity index (χ0n) is 7.69. The van der Waals surface area contributed by atoms with Crippen molar-refractivity contribution in [2.45, 2.75) is 0 Å². The van der Waals surface area contributed by atoms with Gasteiger partial charge in [0.25, 0.3) is 0 Å². The Kier molecular flexibility index (Phi) is 4.95. The minimum atomic E-state index is -0.480.